The van der Waals surface area contributed by atoms with Gasteiger partial charge in [0.05, 0.1) is 12.2 Å². The van der Waals surface area contributed by atoms with Gasteiger partial charge in [-0.05, 0) is 93.4 Å². The minimum atomic E-state index is -2.29. The molecule has 2 aromatic carbocycles. The first-order valence-electron chi connectivity index (χ1n) is 17.0. The van der Waals surface area contributed by atoms with Crippen LogP contribution >= 0.6 is 0 Å². The number of nitrogens with zero attached hydrogens (tertiary/aromatic N) is 1. The number of anilines is 1. The molecule has 1 saturated heterocycles. The summed E-state index contributed by atoms with van der Waals surface area (Å²) in [5, 5.41) is 22.0. The van der Waals surface area contributed by atoms with Crippen LogP contribution in [-0.4, -0.2) is 71.1 Å². The average Bonchev–Trinajstić information content (AvgIpc) is 3.56. The van der Waals surface area contributed by atoms with Gasteiger partial charge in [-0.25, -0.2) is 8.78 Å². The van der Waals surface area contributed by atoms with E-state index in [0.29, 0.717) is 11.6 Å². The largest absolute Gasteiger partial charge is 0.390 e. The second kappa shape index (κ2) is 12.2. The van der Waals surface area contributed by atoms with E-state index in [-0.39, 0.29) is 32.3 Å². The SMILES string of the molecule is C.CC(C)N(C)c1cccc(Cc2ccc([C@@H]3O[C@@H]4C[C@H]5[C@@H]6C[C@H](F)C7=CC(=O)C=C[C@]7(C)[C@@]6(F)[C@@H](O)C[C@]5(C)[C@]4(C(=O)CO)O3)cc2)c1. The second-order valence-electron chi connectivity index (χ2n) is 15.3. The lowest BCUT2D eigenvalue weighted by molar-refractivity contribution is -0.235. The van der Waals surface area contributed by atoms with Crippen LogP contribution in [0, 0.1) is 22.7 Å². The average molecular weight is 678 g/mol. The van der Waals surface area contributed by atoms with Crippen molar-refractivity contribution < 1.29 is 38.1 Å². The number of ether oxygens (including phenoxy) is 2. The highest BCUT2D eigenvalue weighted by Gasteiger charge is 2.80. The number of hydrogen-bond donors (Lipinski definition) is 2. The van der Waals surface area contributed by atoms with Crippen LogP contribution in [-0.2, 0) is 25.5 Å². The Morgan fingerprint density at radius 2 is 1.80 bits per heavy atom. The summed E-state index contributed by atoms with van der Waals surface area (Å²) in [5.41, 5.74) is -2.50. The number of allylic oxidation sites excluding steroid dienone is 4. The van der Waals surface area contributed by atoms with Crippen LogP contribution < -0.4 is 4.90 Å². The fourth-order valence-corrected chi connectivity index (χ4v) is 9.93. The molecule has 0 bridgehead atoms. The molecule has 5 aliphatic rings. The van der Waals surface area contributed by atoms with Gasteiger partial charge < -0.3 is 24.6 Å². The molecule has 10 atom stereocenters. The molecule has 7 rings (SSSR count). The highest BCUT2D eigenvalue weighted by Crippen LogP contribution is 2.72. The lowest BCUT2D eigenvalue weighted by atomic mass is 9.44. The predicted molar refractivity (Wildman–Crippen MR) is 183 cm³/mol. The van der Waals surface area contributed by atoms with Crippen molar-refractivity contribution in [1.29, 1.82) is 0 Å². The molecule has 264 valence electrons. The number of carbonyl (C=O) groups excluding carboxylic acids is 2. The fraction of sp³-hybridized carbons (Fsp3) is 0.550. The van der Waals surface area contributed by atoms with Crippen molar-refractivity contribution in [3.63, 3.8) is 0 Å². The molecular weight excluding hydrogens is 628 g/mol. The van der Waals surface area contributed by atoms with Gasteiger partial charge in [0, 0.05) is 41.1 Å². The Bertz CT molecular complexity index is 1690. The number of benzene rings is 2. The van der Waals surface area contributed by atoms with Gasteiger partial charge in [0.2, 0.25) is 0 Å². The van der Waals surface area contributed by atoms with Gasteiger partial charge in [0.1, 0.15) is 12.8 Å². The molecule has 3 saturated carbocycles. The fourth-order valence-electron chi connectivity index (χ4n) is 9.93. The summed E-state index contributed by atoms with van der Waals surface area (Å²) < 4.78 is 46.6. The molecule has 2 N–H and O–H groups in total. The van der Waals surface area contributed by atoms with E-state index in [4.69, 9.17) is 9.47 Å². The highest BCUT2D eigenvalue weighted by molar-refractivity contribution is 6.01. The smallest absolute Gasteiger partial charge is 0.193 e. The van der Waals surface area contributed by atoms with Crippen molar-refractivity contribution in [2.75, 3.05) is 18.6 Å². The first-order valence-corrected chi connectivity index (χ1v) is 17.0. The van der Waals surface area contributed by atoms with Crippen molar-refractivity contribution in [2.45, 2.75) is 103 Å². The van der Waals surface area contributed by atoms with Crippen molar-refractivity contribution in [1.82, 2.24) is 0 Å². The van der Waals surface area contributed by atoms with Gasteiger partial charge in [0.25, 0.3) is 0 Å². The maximum absolute atomic E-state index is 17.6. The molecule has 1 heterocycles. The Morgan fingerprint density at radius 3 is 2.47 bits per heavy atom. The molecule has 2 aromatic rings. The minimum absolute atomic E-state index is 0. The number of aliphatic hydroxyl groups excluding tert-OH is 2. The van der Waals surface area contributed by atoms with Crippen LogP contribution in [0.3, 0.4) is 0 Å². The summed E-state index contributed by atoms with van der Waals surface area (Å²) in [6, 6.07) is 16.6. The van der Waals surface area contributed by atoms with Crippen molar-refractivity contribution in [3.8, 4) is 0 Å². The lowest BCUT2D eigenvalue weighted by Crippen LogP contribution is -2.70. The molecule has 0 unspecified atom stereocenters. The summed E-state index contributed by atoms with van der Waals surface area (Å²) >= 11 is 0. The number of fused-ring (bicyclic) bond motifs is 7. The topological polar surface area (TPSA) is 96.3 Å². The Labute approximate surface area is 288 Å². The number of carbonyl (C=O) groups is 2. The molecule has 4 fully saturated rings. The van der Waals surface area contributed by atoms with Crippen LogP contribution in [0.25, 0.3) is 0 Å². The number of alkyl halides is 2. The van der Waals surface area contributed by atoms with E-state index in [1.165, 1.54) is 17.7 Å². The minimum Gasteiger partial charge on any atom is -0.390 e. The summed E-state index contributed by atoms with van der Waals surface area (Å²) in [6.45, 7) is 6.81. The number of ketones is 2. The van der Waals surface area contributed by atoms with E-state index in [9.17, 15) is 19.8 Å². The van der Waals surface area contributed by atoms with Crippen LogP contribution in [0.2, 0.25) is 0 Å². The van der Waals surface area contributed by atoms with Gasteiger partial charge in [0.15, 0.2) is 29.1 Å². The molecule has 0 amide bonds. The van der Waals surface area contributed by atoms with E-state index < -0.39 is 76.8 Å². The Balaban J connectivity index is 0.00000417. The molecule has 1 aliphatic heterocycles. The Kier molecular flexibility index (Phi) is 8.87. The van der Waals surface area contributed by atoms with Gasteiger partial charge in [-0.15, -0.1) is 0 Å². The first kappa shape index (κ1) is 35.6. The van der Waals surface area contributed by atoms with E-state index in [0.717, 1.165) is 23.7 Å². The van der Waals surface area contributed by atoms with E-state index in [2.05, 4.69) is 50.1 Å². The van der Waals surface area contributed by atoms with Crippen molar-refractivity contribution in [3.05, 3.63) is 89.0 Å². The Morgan fingerprint density at radius 1 is 1.08 bits per heavy atom. The molecule has 4 aliphatic carbocycles. The normalized spacial score (nSPS) is 39.0. The number of rotatable bonds is 7. The molecule has 0 aromatic heterocycles. The third kappa shape index (κ3) is 4.94. The Hall–Kier alpha value is -3.24. The third-order valence-electron chi connectivity index (χ3n) is 12.7. The van der Waals surface area contributed by atoms with Crippen LogP contribution in [0.5, 0.6) is 0 Å². The quantitative estimate of drug-likeness (QED) is 0.350. The maximum Gasteiger partial charge on any atom is 0.193 e. The van der Waals surface area contributed by atoms with Crippen LogP contribution in [0.1, 0.15) is 77.4 Å². The van der Waals surface area contributed by atoms with Crippen LogP contribution in [0.15, 0.2) is 72.3 Å². The zero-order chi connectivity index (χ0) is 34.4. The van der Waals surface area contributed by atoms with E-state index in [1.807, 2.05) is 24.3 Å². The van der Waals surface area contributed by atoms with Gasteiger partial charge in [-0.2, -0.15) is 0 Å². The number of hydrogen-bond acceptors (Lipinski definition) is 7. The zero-order valence-corrected chi connectivity index (χ0v) is 28.2. The summed E-state index contributed by atoms with van der Waals surface area (Å²) in [7, 11) is 2.08. The van der Waals surface area contributed by atoms with Gasteiger partial charge in [-0.1, -0.05) is 56.8 Å². The maximum atomic E-state index is 17.6. The molecule has 7 nitrogen and oxygen atoms in total. The molecule has 0 radical (unpaired) electrons. The number of halogens is 2. The van der Waals surface area contributed by atoms with Crippen LogP contribution in [0.4, 0.5) is 14.5 Å². The summed E-state index contributed by atoms with van der Waals surface area (Å²) in [4.78, 5) is 28.2. The summed E-state index contributed by atoms with van der Waals surface area (Å²) in [5.74, 6) is -2.58. The zero-order valence-electron chi connectivity index (χ0n) is 28.2. The molecule has 0 spiro atoms. The predicted octanol–water partition coefficient (Wildman–Crippen LogP) is 6.40. The molecular formula is C40H49F2NO6. The van der Waals surface area contributed by atoms with E-state index >= 15 is 8.78 Å². The van der Waals surface area contributed by atoms with E-state index in [1.54, 1.807) is 13.8 Å². The monoisotopic (exact) mass is 677 g/mol. The van der Waals surface area contributed by atoms with Gasteiger partial charge in [-0.3, -0.25) is 9.59 Å². The number of Topliss-reactive ketones (excluding diaryl/α,β-unsaturated/α-hetero) is 1. The molecule has 49 heavy (non-hydrogen) atoms. The standard InChI is InChI=1S/C39H45F2NO6.CH4/c1-22(2)42(5)26-8-6-7-24(16-26)15-23-9-11-25(12-10-23)35-47-34-19-28-29-18-31(40)30-17-27(44)13-14-36(30,3)38(29,41)32(45)20-37(28,4)39(34,48-35)33(46)21-43;/h6-14,16-17,22,28-29,31-32,34-35,43,45H,15,18-21H2,1-5H3;1H4/t28-,29-,31-,32-,34+,35+,36-,37-,38-,39+;/m0./s1. The summed E-state index contributed by atoms with van der Waals surface area (Å²) in [6.07, 6.45) is -0.622. The lowest BCUT2D eigenvalue weighted by Gasteiger charge is -2.63. The highest BCUT2D eigenvalue weighted by atomic mass is 19.1. The van der Waals surface area contributed by atoms with Gasteiger partial charge >= 0.3 is 0 Å². The first-order chi connectivity index (χ1) is 22.7. The third-order valence-corrected chi connectivity index (χ3v) is 12.7. The van der Waals surface area contributed by atoms with Crippen molar-refractivity contribution >= 4 is 17.3 Å². The molecule has 9 heteroatoms. The number of aliphatic hydroxyl groups is 2. The van der Waals surface area contributed by atoms with Crippen molar-refractivity contribution in [2.24, 2.45) is 22.7 Å². The second-order valence-corrected chi connectivity index (χ2v) is 15.3.